The highest BCUT2D eigenvalue weighted by Gasteiger charge is 2.21. The molecule has 29 heavy (non-hydrogen) atoms. The Bertz CT molecular complexity index is 997. The minimum Gasteiger partial charge on any atom is -0.419 e. The molecule has 3 aromatic rings. The predicted molar refractivity (Wildman–Crippen MR) is 115 cm³/mol. The molecule has 0 aliphatic carbocycles. The van der Waals surface area contributed by atoms with Crippen LogP contribution in [-0.2, 0) is 17.8 Å². The van der Waals surface area contributed by atoms with E-state index >= 15 is 0 Å². The molecular weight excluding hydrogens is 386 g/mol. The third-order valence-electron chi connectivity index (χ3n) is 4.93. The number of carbonyl (C=O) groups excluding carboxylic acids is 1. The molecule has 3 rings (SSSR count). The summed E-state index contributed by atoms with van der Waals surface area (Å²) in [5.41, 5.74) is 4.33. The van der Waals surface area contributed by atoms with Crippen molar-refractivity contribution in [3.8, 4) is 11.5 Å². The van der Waals surface area contributed by atoms with Gasteiger partial charge in [-0.25, -0.2) is 0 Å². The summed E-state index contributed by atoms with van der Waals surface area (Å²) < 4.78 is 5.78. The van der Waals surface area contributed by atoms with Gasteiger partial charge in [-0.05, 0) is 57.4 Å². The zero-order chi connectivity index (χ0) is 21.0. The van der Waals surface area contributed by atoms with Crippen LogP contribution in [0.2, 0.25) is 5.02 Å². The molecule has 152 valence electrons. The molecule has 0 aliphatic heterocycles. The van der Waals surface area contributed by atoms with Crippen LogP contribution in [0.1, 0.15) is 42.8 Å². The van der Waals surface area contributed by atoms with Gasteiger partial charge in [0.05, 0.1) is 17.1 Å². The summed E-state index contributed by atoms with van der Waals surface area (Å²) in [4.78, 5) is 14.7. The summed E-state index contributed by atoms with van der Waals surface area (Å²) >= 11 is 6.20. The molecule has 1 amide bonds. The Morgan fingerprint density at radius 2 is 1.90 bits per heavy atom. The summed E-state index contributed by atoms with van der Waals surface area (Å²) in [6.45, 7) is 8.41. The number of halogens is 1. The standard InChI is InChI=1S/C23H26ClN3O2/c1-15(2)27(22(28)12-11-18-10-9-16(3)13-17(18)4)14-21-25-26-23(29-21)19-7-5-6-8-20(19)24/h5-10,13,15H,11-12,14H2,1-4H3. The van der Waals surface area contributed by atoms with Crippen molar-refractivity contribution in [2.45, 2.75) is 53.1 Å². The smallest absolute Gasteiger partial charge is 0.249 e. The van der Waals surface area contributed by atoms with Crippen LogP contribution >= 0.6 is 11.6 Å². The largest absolute Gasteiger partial charge is 0.419 e. The van der Waals surface area contributed by atoms with E-state index in [1.165, 1.54) is 16.7 Å². The van der Waals surface area contributed by atoms with Crippen LogP contribution in [0.15, 0.2) is 46.9 Å². The van der Waals surface area contributed by atoms with Crippen LogP contribution in [0.4, 0.5) is 0 Å². The number of carbonyl (C=O) groups is 1. The Morgan fingerprint density at radius 3 is 2.59 bits per heavy atom. The second kappa shape index (κ2) is 9.23. The van der Waals surface area contributed by atoms with Crippen molar-refractivity contribution in [2.24, 2.45) is 0 Å². The van der Waals surface area contributed by atoms with Gasteiger partial charge in [0.1, 0.15) is 0 Å². The van der Waals surface area contributed by atoms with E-state index in [4.69, 9.17) is 16.0 Å². The van der Waals surface area contributed by atoms with Gasteiger partial charge >= 0.3 is 0 Å². The quantitative estimate of drug-likeness (QED) is 0.523. The molecule has 2 aromatic carbocycles. The lowest BCUT2D eigenvalue weighted by molar-refractivity contribution is -0.133. The van der Waals surface area contributed by atoms with Crippen molar-refractivity contribution in [3.63, 3.8) is 0 Å². The molecule has 0 aliphatic rings. The van der Waals surface area contributed by atoms with Crippen molar-refractivity contribution in [1.82, 2.24) is 15.1 Å². The van der Waals surface area contributed by atoms with E-state index < -0.39 is 0 Å². The molecular formula is C23H26ClN3O2. The topological polar surface area (TPSA) is 59.2 Å². The molecule has 0 spiro atoms. The van der Waals surface area contributed by atoms with Crippen molar-refractivity contribution in [1.29, 1.82) is 0 Å². The zero-order valence-electron chi connectivity index (χ0n) is 17.3. The molecule has 0 N–H and O–H groups in total. The van der Waals surface area contributed by atoms with E-state index in [9.17, 15) is 4.79 Å². The average molecular weight is 412 g/mol. The summed E-state index contributed by atoms with van der Waals surface area (Å²) in [5.74, 6) is 0.822. The number of nitrogens with zero attached hydrogens (tertiary/aromatic N) is 3. The third kappa shape index (κ3) is 5.24. The lowest BCUT2D eigenvalue weighted by atomic mass is 10.0. The van der Waals surface area contributed by atoms with Crippen molar-refractivity contribution >= 4 is 17.5 Å². The average Bonchev–Trinajstić information content (AvgIpc) is 3.14. The fourth-order valence-corrected chi connectivity index (χ4v) is 3.49. The van der Waals surface area contributed by atoms with Gasteiger partial charge in [0.15, 0.2) is 0 Å². The monoisotopic (exact) mass is 411 g/mol. The SMILES string of the molecule is Cc1ccc(CCC(=O)N(Cc2nnc(-c3ccccc3Cl)o2)C(C)C)c(C)c1. The molecule has 0 fully saturated rings. The van der Waals surface area contributed by atoms with Gasteiger partial charge in [-0.1, -0.05) is 47.5 Å². The maximum absolute atomic E-state index is 12.9. The van der Waals surface area contributed by atoms with Crippen LogP contribution < -0.4 is 0 Å². The molecule has 0 atom stereocenters. The van der Waals surface area contributed by atoms with Gasteiger partial charge < -0.3 is 9.32 Å². The van der Waals surface area contributed by atoms with Gasteiger partial charge in [0, 0.05) is 12.5 Å². The Morgan fingerprint density at radius 1 is 1.14 bits per heavy atom. The second-order valence-electron chi connectivity index (χ2n) is 7.53. The van der Waals surface area contributed by atoms with E-state index in [2.05, 4.69) is 42.2 Å². The minimum absolute atomic E-state index is 0.0253. The Kier molecular flexibility index (Phi) is 6.70. The van der Waals surface area contributed by atoms with E-state index in [0.717, 1.165) is 0 Å². The maximum Gasteiger partial charge on any atom is 0.249 e. The number of aromatic nitrogens is 2. The molecule has 0 bridgehead atoms. The van der Waals surface area contributed by atoms with Gasteiger partial charge in [-0.2, -0.15) is 0 Å². The fourth-order valence-electron chi connectivity index (χ4n) is 3.28. The number of aryl methyl sites for hydroxylation is 3. The highest BCUT2D eigenvalue weighted by atomic mass is 35.5. The highest BCUT2D eigenvalue weighted by molar-refractivity contribution is 6.33. The van der Waals surface area contributed by atoms with Gasteiger partial charge in [-0.3, -0.25) is 4.79 Å². The summed E-state index contributed by atoms with van der Waals surface area (Å²) in [7, 11) is 0. The van der Waals surface area contributed by atoms with E-state index in [1.807, 2.05) is 32.0 Å². The number of benzene rings is 2. The normalized spacial score (nSPS) is 11.1. The van der Waals surface area contributed by atoms with Gasteiger partial charge in [0.25, 0.3) is 0 Å². The van der Waals surface area contributed by atoms with Crippen LogP contribution in [0.3, 0.4) is 0 Å². The van der Waals surface area contributed by atoms with Crippen LogP contribution in [0, 0.1) is 13.8 Å². The van der Waals surface area contributed by atoms with Crippen LogP contribution in [-0.4, -0.2) is 27.0 Å². The first-order valence-corrected chi connectivity index (χ1v) is 10.2. The van der Waals surface area contributed by atoms with E-state index in [1.54, 1.807) is 11.0 Å². The molecule has 0 radical (unpaired) electrons. The fraction of sp³-hybridized carbons (Fsp3) is 0.348. The lowest BCUT2D eigenvalue weighted by Gasteiger charge is -2.25. The first-order chi connectivity index (χ1) is 13.8. The maximum atomic E-state index is 12.9. The molecule has 0 unspecified atom stereocenters. The molecule has 6 heteroatoms. The van der Waals surface area contributed by atoms with Crippen LogP contribution in [0.25, 0.3) is 11.5 Å². The number of rotatable bonds is 7. The summed E-state index contributed by atoms with van der Waals surface area (Å²) in [6.07, 6.45) is 1.15. The Balaban J connectivity index is 1.68. The minimum atomic E-state index is 0.0253. The second-order valence-corrected chi connectivity index (χ2v) is 7.93. The Labute approximate surface area is 176 Å². The molecule has 5 nitrogen and oxygen atoms in total. The molecule has 0 saturated carbocycles. The van der Waals surface area contributed by atoms with E-state index in [0.29, 0.717) is 35.2 Å². The van der Waals surface area contributed by atoms with Crippen molar-refractivity contribution in [3.05, 3.63) is 70.1 Å². The summed E-state index contributed by atoms with van der Waals surface area (Å²) in [5, 5.41) is 8.75. The van der Waals surface area contributed by atoms with Crippen LogP contribution in [0.5, 0.6) is 0 Å². The van der Waals surface area contributed by atoms with E-state index in [-0.39, 0.29) is 18.5 Å². The molecule has 0 saturated heterocycles. The van der Waals surface area contributed by atoms with Crippen molar-refractivity contribution < 1.29 is 9.21 Å². The van der Waals surface area contributed by atoms with Crippen molar-refractivity contribution in [2.75, 3.05) is 0 Å². The summed E-state index contributed by atoms with van der Waals surface area (Å²) in [6, 6.07) is 13.7. The number of hydrogen-bond donors (Lipinski definition) is 0. The molecule has 1 heterocycles. The highest BCUT2D eigenvalue weighted by Crippen LogP contribution is 2.26. The number of hydrogen-bond acceptors (Lipinski definition) is 4. The van der Waals surface area contributed by atoms with Gasteiger partial charge in [-0.15, -0.1) is 10.2 Å². The molecule has 1 aromatic heterocycles. The van der Waals surface area contributed by atoms with Gasteiger partial charge in [0.2, 0.25) is 17.7 Å². The number of amides is 1. The third-order valence-corrected chi connectivity index (χ3v) is 5.26. The first kappa shape index (κ1) is 21.1. The first-order valence-electron chi connectivity index (χ1n) is 9.78. The predicted octanol–water partition coefficient (Wildman–Crippen LogP) is 5.38. The lowest BCUT2D eigenvalue weighted by Crippen LogP contribution is -2.36. The zero-order valence-corrected chi connectivity index (χ0v) is 18.0. The Hall–Kier alpha value is -2.66.